The van der Waals surface area contributed by atoms with Crippen LogP contribution in [0.25, 0.3) is 0 Å². The summed E-state index contributed by atoms with van der Waals surface area (Å²) in [5.74, 6) is -2.06. The number of halogens is 1. The highest BCUT2D eigenvalue weighted by Gasteiger charge is 2.14. The van der Waals surface area contributed by atoms with Crippen molar-refractivity contribution in [2.45, 2.75) is 6.92 Å². The predicted molar refractivity (Wildman–Crippen MR) is 113 cm³/mol. The third-order valence-corrected chi connectivity index (χ3v) is 4.31. The van der Waals surface area contributed by atoms with Crippen molar-refractivity contribution < 1.29 is 23.5 Å². The van der Waals surface area contributed by atoms with Gasteiger partial charge in [0.05, 0.1) is 12.5 Å². The fraction of sp³-hybridized carbons (Fsp3) is 0.0476. The Hall–Kier alpha value is -3.72. The molecule has 30 heavy (non-hydrogen) atoms. The fourth-order valence-corrected chi connectivity index (χ4v) is 2.85. The molecular formula is C21H16BrN3O5. The smallest absolute Gasteiger partial charge is 0.379 e. The highest BCUT2D eigenvalue weighted by Crippen LogP contribution is 2.20. The molecule has 0 aliphatic heterocycles. The number of furan rings is 1. The van der Waals surface area contributed by atoms with Crippen molar-refractivity contribution in [3.05, 3.63) is 82.2 Å². The summed E-state index contributed by atoms with van der Waals surface area (Å²) in [6.07, 6.45) is 2.69. The molecule has 2 amide bonds. The summed E-state index contributed by atoms with van der Waals surface area (Å²) in [7, 11) is 0. The molecule has 3 aromatic rings. The zero-order chi connectivity index (χ0) is 21.5. The third-order valence-electron chi connectivity index (χ3n) is 3.81. The standard InChI is InChI=1S/C21H16BrN3O5/c1-13-10-15(22)7-8-17(13)24-19(26)20(27)25-23-12-14-4-2-5-16(11-14)30-21(28)18-6-3-9-29-18/h2-12H,1H3,(H,24,26)(H,25,27). The van der Waals surface area contributed by atoms with E-state index in [4.69, 9.17) is 9.15 Å². The summed E-state index contributed by atoms with van der Waals surface area (Å²) >= 11 is 3.33. The van der Waals surface area contributed by atoms with Gasteiger partial charge in [-0.15, -0.1) is 0 Å². The highest BCUT2D eigenvalue weighted by molar-refractivity contribution is 9.10. The van der Waals surface area contributed by atoms with E-state index in [2.05, 4.69) is 31.8 Å². The number of nitrogens with zero attached hydrogens (tertiary/aromatic N) is 1. The van der Waals surface area contributed by atoms with Gasteiger partial charge < -0.3 is 14.5 Å². The average Bonchev–Trinajstić information content (AvgIpc) is 3.25. The Balaban J connectivity index is 1.56. The van der Waals surface area contributed by atoms with Crippen molar-refractivity contribution in [1.29, 1.82) is 0 Å². The van der Waals surface area contributed by atoms with Gasteiger partial charge in [-0.25, -0.2) is 10.2 Å². The molecule has 0 saturated carbocycles. The molecule has 3 rings (SSSR count). The number of hydrogen-bond acceptors (Lipinski definition) is 6. The van der Waals surface area contributed by atoms with Crippen LogP contribution < -0.4 is 15.5 Å². The van der Waals surface area contributed by atoms with Gasteiger partial charge >= 0.3 is 17.8 Å². The van der Waals surface area contributed by atoms with Crippen molar-refractivity contribution in [3.8, 4) is 5.75 Å². The lowest BCUT2D eigenvalue weighted by Gasteiger charge is -2.07. The molecule has 1 heterocycles. The Bertz CT molecular complexity index is 1110. The van der Waals surface area contributed by atoms with Gasteiger partial charge in [0, 0.05) is 10.2 Å². The summed E-state index contributed by atoms with van der Waals surface area (Å²) < 4.78 is 11.0. The Labute approximate surface area is 180 Å². The van der Waals surface area contributed by atoms with Gasteiger partial charge in [0.2, 0.25) is 5.76 Å². The molecule has 152 valence electrons. The second-order valence-electron chi connectivity index (χ2n) is 6.05. The first-order valence-electron chi connectivity index (χ1n) is 8.68. The molecule has 2 aromatic carbocycles. The van der Waals surface area contributed by atoms with E-state index in [1.165, 1.54) is 18.5 Å². The molecule has 0 fully saturated rings. The fourth-order valence-electron chi connectivity index (χ4n) is 2.37. The molecule has 0 saturated heterocycles. The van der Waals surface area contributed by atoms with E-state index in [-0.39, 0.29) is 11.5 Å². The minimum absolute atomic E-state index is 0.0772. The normalized spacial score (nSPS) is 10.6. The van der Waals surface area contributed by atoms with Gasteiger partial charge in [0.15, 0.2) is 0 Å². The van der Waals surface area contributed by atoms with Gasteiger partial charge in [-0.2, -0.15) is 5.10 Å². The van der Waals surface area contributed by atoms with Gasteiger partial charge in [-0.3, -0.25) is 9.59 Å². The van der Waals surface area contributed by atoms with Crippen LogP contribution in [0.2, 0.25) is 0 Å². The van der Waals surface area contributed by atoms with E-state index in [0.29, 0.717) is 11.3 Å². The molecule has 8 nitrogen and oxygen atoms in total. The van der Waals surface area contributed by atoms with Gasteiger partial charge in [0.1, 0.15) is 5.75 Å². The molecular weight excluding hydrogens is 454 g/mol. The molecule has 0 atom stereocenters. The number of nitrogens with one attached hydrogen (secondary N) is 2. The minimum Gasteiger partial charge on any atom is -0.457 e. The summed E-state index contributed by atoms with van der Waals surface area (Å²) in [6.45, 7) is 1.81. The summed E-state index contributed by atoms with van der Waals surface area (Å²) in [6, 6.07) is 14.8. The average molecular weight is 470 g/mol. The number of anilines is 1. The van der Waals surface area contributed by atoms with Gasteiger partial charge in [-0.05, 0) is 60.5 Å². The lowest BCUT2D eigenvalue weighted by atomic mass is 10.2. The first kappa shape index (κ1) is 21.0. The van der Waals surface area contributed by atoms with Gasteiger partial charge in [-0.1, -0.05) is 28.1 Å². The van der Waals surface area contributed by atoms with E-state index in [0.717, 1.165) is 10.0 Å². The first-order valence-corrected chi connectivity index (χ1v) is 9.48. The maximum Gasteiger partial charge on any atom is 0.379 e. The van der Waals surface area contributed by atoms with Crippen LogP contribution in [0.15, 0.2) is 74.9 Å². The number of aryl methyl sites for hydroxylation is 1. The Morgan fingerprint density at radius 2 is 1.90 bits per heavy atom. The minimum atomic E-state index is -0.922. The molecule has 9 heteroatoms. The van der Waals surface area contributed by atoms with Crippen LogP contribution in [0, 0.1) is 6.92 Å². The second-order valence-corrected chi connectivity index (χ2v) is 6.97. The Morgan fingerprint density at radius 1 is 1.07 bits per heavy atom. The van der Waals surface area contributed by atoms with Crippen molar-refractivity contribution in [2.24, 2.45) is 5.10 Å². The zero-order valence-corrected chi connectivity index (χ0v) is 17.3. The third kappa shape index (κ3) is 5.65. The van der Waals surface area contributed by atoms with Crippen molar-refractivity contribution in [2.75, 3.05) is 5.32 Å². The lowest BCUT2D eigenvalue weighted by molar-refractivity contribution is -0.136. The first-order chi connectivity index (χ1) is 14.4. The van der Waals surface area contributed by atoms with Crippen LogP contribution >= 0.6 is 15.9 Å². The van der Waals surface area contributed by atoms with Crippen molar-refractivity contribution >= 4 is 45.6 Å². The highest BCUT2D eigenvalue weighted by atomic mass is 79.9. The number of rotatable bonds is 5. The van der Waals surface area contributed by atoms with E-state index >= 15 is 0 Å². The number of amides is 2. The maximum atomic E-state index is 12.0. The van der Waals surface area contributed by atoms with Crippen LogP contribution in [0.5, 0.6) is 5.75 Å². The SMILES string of the molecule is Cc1cc(Br)ccc1NC(=O)C(=O)NN=Cc1cccc(OC(=O)c2ccco2)c1. The van der Waals surface area contributed by atoms with E-state index in [9.17, 15) is 14.4 Å². The lowest BCUT2D eigenvalue weighted by Crippen LogP contribution is -2.32. The Morgan fingerprint density at radius 3 is 2.63 bits per heavy atom. The molecule has 1 aromatic heterocycles. The summed E-state index contributed by atoms with van der Waals surface area (Å²) in [5.41, 5.74) is 4.02. The number of hydrogen-bond donors (Lipinski definition) is 2. The van der Waals surface area contributed by atoms with E-state index in [1.807, 2.05) is 13.0 Å². The van der Waals surface area contributed by atoms with Crippen LogP contribution in [-0.4, -0.2) is 24.0 Å². The number of benzene rings is 2. The second kappa shape index (κ2) is 9.66. The largest absolute Gasteiger partial charge is 0.457 e. The predicted octanol–water partition coefficient (Wildman–Crippen LogP) is 3.66. The van der Waals surface area contributed by atoms with E-state index in [1.54, 1.807) is 42.5 Å². The number of hydrazone groups is 1. The number of carbonyl (C=O) groups is 3. The van der Waals surface area contributed by atoms with E-state index < -0.39 is 17.8 Å². The number of esters is 1. The topological polar surface area (TPSA) is 110 Å². The zero-order valence-electron chi connectivity index (χ0n) is 15.7. The summed E-state index contributed by atoms with van der Waals surface area (Å²) in [5, 5.41) is 6.28. The quantitative estimate of drug-likeness (QED) is 0.195. The Kier molecular flexibility index (Phi) is 6.76. The molecule has 0 spiro atoms. The molecule has 0 bridgehead atoms. The maximum absolute atomic E-state index is 12.0. The molecule has 0 unspecified atom stereocenters. The van der Waals surface area contributed by atoms with Crippen LogP contribution in [0.3, 0.4) is 0 Å². The monoisotopic (exact) mass is 469 g/mol. The molecule has 0 radical (unpaired) electrons. The summed E-state index contributed by atoms with van der Waals surface area (Å²) in [4.78, 5) is 35.8. The van der Waals surface area contributed by atoms with Gasteiger partial charge in [0.25, 0.3) is 0 Å². The van der Waals surface area contributed by atoms with Crippen molar-refractivity contribution in [3.63, 3.8) is 0 Å². The van der Waals surface area contributed by atoms with Crippen LogP contribution in [0.4, 0.5) is 5.69 Å². The van der Waals surface area contributed by atoms with Crippen LogP contribution in [0.1, 0.15) is 21.7 Å². The number of carbonyl (C=O) groups excluding carboxylic acids is 3. The number of ether oxygens (including phenoxy) is 1. The molecule has 0 aliphatic carbocycles. The van der Waals surface area contributed by atoms with Crippen molar-refractivity contribution in [1.82, 2.24) is 5.43 Å². The molecule has 2 N–H and O–H groups in total. The molecule has 0 aliphatic rings. The van der Waals surface area contributed by atoms with Crippen LogP contribution in [-0.2, 0) is 9.59 Å².